The van der Waals surface area contributed by atoms with Crippen LogP contribution in [0, 0.1) is 16.2 Å². The first-order valence-electron chi connectivity index (χ1n) is 8.49. The Kier molecular flexibility index (Phi) is 8.25. The number of aliphatic hydroxyl groups is 1. The molecule has 0 fully saturated rings. The number of unbranched alkanes of at least 4 members (excludes halogenated alkanes) is 1. The molecule has 0 heterocycles. The molecule has 1 atom stereocenters. The summed E-state index contributed by atoms with van der Waals surface area (Å²) < 4.78 is 0. The Labute approximate surface area is 141 Å². The van der Waals surface area contributed by atoms with Gasteiger partial charge in [-0.25, -0.2) is 0 Å². The largest absolute Gasteiger partial charge is 0.395 e. The Balaban J connectivity index is 4.09. The number of carbonyl (C=O) groups excluding carboxylic acids is 2. The van der Waals surface area contributed by atoms with Crippen LogP contribution in [-0.4, -0.2) is 36.6 Å². The van der Waals surface area contributed by atoms with Crippen molar-refractivity contribution < 1.29 is 14.7 Å². The topological polar surface area (TPSA) is 78.4 Å². The van der Waals surface area contributed by atoms with Crippen molar-refractivity contribution in [3.8, 4) is 0 Å². The number of rotatable bonds is 8. The monoisotopic (exact) mass is 328 g/mol. The zero-order valence-electron chi connectivity index (χ0n) is 16.0. The van der Waals surface area contributed by atoms with Gasteiger partial charge >= 0.3 is 0 Å². The molecule has 0 aliphatic carbocycles. The van der Waals surface area contributed by atoms with Crippen molar-refractivity contribution in [2.24, 2.45) is 16.2 Å². The van der Waals surface area contributed by atoms with Crippen LogP contribution in [0.15, 0.2) is 0 Å². The summed E-state index contributed by atoms with van der Waals surface area (Å²) in [5, 5.41) is 15.4. The molecule has 0 rings (SSSR count). The Bertz CT molecular complexity index is 394. The Morgan fingerprint density at radius 1 is 0.826 bits per heavy atom. The van der Waals surface area contributed by atoms with Gasteiger partial charge < -0.3 is 15.7 Å². The van der Waals surface area contributed by atoms with Gasteiger partial charge in [-0.3, -0.25) is 9.59 Å². The lowest BCUT2D eigenvalue weighted by Gasteiger charge is -2.32. The molecule has 0 spiro atoms. The summed E-state index contributed by atoms with van der Waals surface area (Å²) in [4.78, 5) is 24.0. The fourth-order valence-corrected chi connectivity index (χ4v) is 2.51. The second-order valence-corrected chi connectivity index (χ2v) is 8.93. The zero-order chi connectivity index (χ0) is 18.3. The molecule has 0 aromatic heterocycles. The third kappa shape index (κ3) is 8.94. The van der Waals surface area contributed by atoms with Crippen LogP contribution < -0.4 is 10.6 Å². The minimum Gasteiger partial charge on any atom is -0.395 e. The minimum atomic E-state index is -0.751. The van der Waals surface area contributed by atoms with Crippen molar-refractivity contribution >= 4 is 11.8 Å². The molecule has 0 radical (unpaired) electrons. The fraction of sp³-hybridized carbons (Fsp3) is 0.889. The summed E-state index contributed by atoms with van der Waals surface area (Å²) in [6, 6.07) is 0. The highest BCUT2D eigenvalue weighted by molar-refractivity contribution is 5.82. The summed E-state index contributed by atoms with van der Waals surface area (Å²) in [5.41, 5.74) is -1.14. The summed E-state index contributed by atoms with van der Waals surface area (Å²) in [6.45, 7) is 14.7. The smallest absolute Gasteiger partial charge is 0.228 e. The van der Waals surface area contributed by atoms with Crippen LogP contribution in [0.2, 0.25) is 0 Å². The van der Waals surface area contributed by atoms with Crippen molar-refractivity contribution in [2.45, 2.75) is 67.7 Å². The molecule has 0 aliphatic rings. The molecule has 2 amide bonds. The summed E-state index contributed by atoms with van der Waals surface area (Å²) >= 11 is 0. The number of nitrogens with one attached hydrogen (secondary N) is 2. The van der Waals surface area contributed by atoms with Gasteiger partial charge in [-0.2, -0.15) is 0 Å². The SMILES string of the molecule is CC(C)(C)CC(C)(CO)C(=O)NCCCCNC(=O)C(C)(C)C. The predicted molar refractivity (Wildman–Crippen MR) is 94.0 cm³/mol. The average molecular weight is 328 g/mol. The maximum atomic E-state index is 12.3. The third-order valence-electron chi connectivity index (χ3n) is 3.67. The summed E-state index contributed by atoms with van der Waals surface area (Å²) in [5.74, 6) is -0.0618. The molecule has 3 N–H and O–H groups in total. The van der Waals surface area contributed by atoms with Crippen LogP contribution in [0.25, 0.3) is 0 Å². The van der Waals surface area contributed by atoms with Gasteiger partial charge in [0.05, 0.1) is 12.0 Å². The molecule has 136 valence electrons. The van der Waals surface area contributed by atoms with Crippen LogP contribution in [0.4, 0.5) is 0 Å². The molecule has 0 saturated heterocycles. The van der Waals surface area contributed by atoms with Gasteiger partial charge in [-0.15, -0.1) is 0 Å². The molecule has 23 heavy (non-hydrogen) atoms. The number of hydrogen-bond acceptors (Lipinski definition) is 3. The standard InChI is InChI=1S/C18H36N2O3/c1-16(2,3)12-18(7,13-21)15(23)20-11-9-8-10-19-14(22)17(4,5)6/h21H,8-13H2,1-7H3,(H,19,22)(H,20,23). The van der Waals surface area contributed by atoms with Gasteiger partial charge in [0.2, 0.25) is 11.8 Å². The Morgan fingerprint density at radius 3 is 1.61 bits per heavy atom. The lowest BCUT2D eigenvalue weighted by molar-refractivity contribution is -0.134. The van der Waals surface area contributed by atoms with E-state index >= 15 is 0 Å². The van der Waals surface area contributed by atoms with E-state index in [2.05, 4.69) is 31.4 Å². The first-order chi connectivity index (χ1) is 10.3. The van der Waals surface area contributed by atoms with E-state index in [1.54, 1.807) is 6.92 Å². The number of carbonyl (C=O) groups is 2. The van der Waals surface area contributed by atoms with Crippen molar-refractivity contribution in [3.63, 3.8) is 0 Å². The Hall–Kier alpha value is -1.10. The second kappa shape index (κ2) is 8.67. The number of hydrogen-bond donors (Lipinski definition) is 3. The van der Waals surface area contributed by atoms with Gasteiger partial charge in [0.15, 0.2) is 0 Å². The molecule has 0 saturated carbocycles. The van der Waals surface area contributed by atoms with E-state index < -0.39 is 5.41 Å². The van der Waals surface area contributed by atoms with Gasteiger partial charge in [-0.1, -0.05) is 41.5 Å². The summed E-state index contributed by atoms with van der Waals surface area (Å²) in [7, 11) is 0. The van der Waals surface area contributed by atoms with Gasteiger partial charge in [0, 0.05) is 18.5 Å². The van der Waals surface area contributed by atoms with Crippen molar-refractivity contribution in [1.82, 2.24) is 10.6 Å². The maximum absolute atomic E-state index is 12.3. The molecule has 0 aromatic rings. The molecule has 5 nitrogen and oxygen atoms in total. The molecule has 5 heteroatoms. The van der Waals surface area contributed by atoms with Crippen LogP contribution in [0.3, 0.4) is 0 Å². The molecule has 0 bridgehead atoms. The quantitative estimate of drug-likeness (QED) is 0.599. The van der Waals surface area contributed by atoms with Crippen LogP contribution in [0.5, 0.6) is 0 Å². The van der Waals surface area contributed by atoms with E-state index in [1.165, 1.54) is 0 Å². The molecule has 0 aromatic carbocycles. The van der Waals surface area contributed by atoms with E-state index in [0.717, 1.165) is 12.8 Å². The van der Waals surface area contributed by atoms with Crippen LogP contribution in [0.1, 0.15) is 67.7 Å². The van der Waals surface area contributed by atoms with E-state index in [4.69, 9.17) is 0 Å². The summed E-state index contributed by atoms with van der Waals surface area (Å²) in [6.07, 6.45) is 2.24. The predicted octanol–water partition coefficient (Wildman–Crippen LogP) is 2.48. The molecule has 0 aliphatic heterocycles. The van der Waals surface area contributed by atoms with Crippen molar-refractivity contribution in [2.75, 3.05) is 19.7 Å². The Morgan fingerprint density at radius 2 is 1.26 bits per heavy atom. The van der Waals surface area contributed by atoms with Gasteiger partial charge in [-0.05, 0) is 31.6 Å². The number of aliphatic hydroxyl groups excluding tert-OH is 1. The first kappa shape index (κ1) is 21.9. The normalized spacial score (nSPS) is 15.0. The zero-order valence-corrected chi connectivity index (χ0v) is 16.0. The maximum Gasteiger partial charge on any atom is 0.228 e. The average Bonchev–Trinajstić information content (AvgIpc) is 2.38. The lowest BCUT2D eigenvalue weighted by Crippen LogP contribution is -2.44. The second-order valence-electron chi connectivity index (χ2n) is 8.93. The van der Waals surface area contributed by atoms with Crippen molar-refractivity contribution in [3.05, 3.63) is 0 Å². The highest BCUT2D eigenvalue weighted by Crippen LogP contribution is 2.33. The number of amides is 2. The van der Waals surface area contributed by atoms with E-state index in [0.29, 0.717) is 19.5 Å². The van der Waals surface area contributed by atoms with E-state index in [9.17, 15) is 14.7 Å². The van der Waals surface area contributed by atoms with Crippen molar-refractivity contribution in [1.29, 1.82) is 0 Å². The van der Waals surface area contributed by atoms with Crippen LogP contribution in [-0.2, 0) is 9.59 Å². The third-order valence-corrected chi connectivity index (χ3v) is 3.67. The lowest BCUT2D eigenvalue weighted by atomic mass is 9.75. The molecule has 1 unspecified atom stereocenters. The van der Waals surface area contributed by atoms with E-state index in [-0.39, 0.29) is 29.3 Å². The minimum absolute atomic E-state index is 0.0218. The fourth-order valence-electron chi connectivity index (χ4n) is 2.51. The highest BCUT2D eigenvalue weighted by atomic mass is 16.3. The molecular weight excluding hydrogens is 292 g/mol. The highest BCUT2D eigenvalue weighted by Gasteiger charge is 2.36. The van der Waals surface area contributed by atoms with Gasteiger partial charge in [0.1, 0.15) is 0 Å². The molecular formula is C18H36N2O3. The van der Waals surface area contributed by atoms with Crippen LogP contribution >= 0.6 is 0 Å². The van der Waals surface area contributed by atoms with Gasteiger partial charge in [0.25, 0.3) is 0 Å². The van der Waals surface area contributed by atoms with E-state index in [1.807, 2.05) is 20.8 Å². The first-order valence-corrected chi connectivity index (χ1v) is 8.49.